The van der Waals surface area contributed by atoms with Gasteiger partial charge in [-0.1, -0.05) is 40.2 Å². The van der Waals surface area contributed by atoms with Crippen LogP contribution < -0.4 is 5.73 Å². The number of nitrogens with zero attached hydrogens (tertiary/aromatic N) is 5. The third kappa shape index (κ3) is 5.42. The number of hydrogen-bond acceptors (Lipinski definition) is 6. The largest absolute Gasteiger partial charge is 0.444 e. The predicted molar refractivity (Wildman–Crippen MR) is 154 cm³/mol. The molecule has 1 atom stereocenters. The minimum Gasteiger partial charge on any atom is -0.444 e. The molecule has 5 aromatic rings. The SMILES string of the molecule is CN(C(=O)OC(C)(C)C)C(Cn1cc(-c2cnc3ccccc3c2)c2c(N)ncnc21)c1ccc(F)cc1Br. The third-order valence-corrected chi connectivity index (χ3v) is 7.11. The highest BCUT2D eigenvalue weighted by molar-refractivity contribution is 9.10. The van der Waals surface area contributed by atoms with Gasteiger partial charge in [0.15, 0.2) is 0 Å². The Morgan fingerprint density at radius 2 is 1.92 bits per heavy atom. The fraction of sp³-hybridized carbons (Fsp3) is 0.241. The summed E-state index contributed by atoms with van der Waals surface area (Å²) in [5.74, 6) is -0.0516. The summed E-state index contributed by atoms with van der Waals surface area (Å²) in [6.07, 6.45) is 4.65. The van der Waals surface area contributed by atoms with Crippen LogP contribution >= 0.6 is 15.9 Å². The third-order valence-electron chi connectivity index (χ3n) is 6.42. The van der Waals surface area contributed by atoms with Gasteiger partial charge in [-0.3, -0.25) is 4.98 Å². The zero-order chi connectivity index (χ0) is 27.9. The van der Waals surface area contributed by atoms with Crippen molar-refractivity contribution in [2.24, 2.45) is 0 Å². The molecular formula is C29H28BrFN6O2. The summed E-state index contributed by atoms with van der Waals surface area (Å²) in [5, 5.41) is 1.68. The van der Waals surface area contributed by atoms with Crippen molar-refractivity contribution in [2.75, 3.05) is 12.8 Å². The summed E-state index contributed by atoms with van der Waals surface area (Å²) >= 11 is 3.48. The van der Waals surface area contributed by atoms with Gasteiger partial charge in [0, 0.05) is 47.0 Å². The van der Waals surface area contributed by atoms with E-state index in [2.05, 4.69) is 36.9 Å². The van der Waals surface area contributed by atoms with Crippen LogP contribution in [0.4, 0.5) is 15.0 Å². The molecule has 2 aromatic carbocycles. The number of pyridine rings is 1. The fourth-order valence-corrected chi connectivity index (χ4v) is 5.19. The lowest BCUT2D eigenvalue weighted by Crippen LogP contribution is -2.38. The van der Waals surface area contributed by atoms with E-state index in [-0.39, 0.29) is 12.4 Å². The number of rotatable bonds is 5. The number of para-hydroxylation sites is 1. The molecule has 0 aliphatic heterocycles. The van der Waals surface area contributed by atoms with Crippen LogP contribution in [0.5, 0.6) is 0 Å². The van der Waals surface area contributed by atoms with E-state index in [4.69, 9.17) is 10.5 Å². The number of carbonyl (C=O) groups excluding carboxylic acids is 1. The van der Waals surface area contributed by atoms with Crippen LogP contribution in [0.1, 0.15) is 32.4 Å². The highest BCUT2D eigenvalue weighted by Gasteiger charge is 2.29. The molecule has 2 N–H and O–H groups in total. The number of likely N-dealkylation sites (N-methyl/N-ethyl adjacent to an activating group) is 1. The van der Waals surface area contributed by atoms with Crippen LogP contribution in [0.25, 0.3) is 33.1 Å². The summed E-state index contributed by atoms with van der Waals surface area (Å²) in [5.41, 5.74) is 9.55. The second-order valence-corrected chi connectivity index (χ2v) is 11.2. The molecule has 0 spiro atoms. The lowest BCUT2D eigenvalue weighted by atomic mass is 10.1. The molecule has 39 heavy (non-hydrogen) atoms. The summed E-state index contributed by atoms with van der Waals surface area (Å²) in [6, 6.07) is 13.8. The molecule has 0 aliphatic rings. The topological polar surface area (TPSA) is 99.2 Å². The fourth-order valence-electron chi connectivity index (χ4n) is 4.57. The maximum atomic E-state index is 14.0. The quantitative estimate of drug-likeness (QED) is 0.243. The number of benzene rings is 2. The van der Waals surface area contributed by atoms with Crippen molar-refractivity contribution < 1.29 is 13.9 Å². The van der Waals surface area contributed by atoms with Crippen LogP contribution in [0.15, 0.2) is 71.7 Å². The van der Waals surface area contributed by atoms with Gasteiger partial charge in [0.1, 0.15) is 29.2 Å². The van der Waals surface area contributed by atoms with Gasteiger partial charge in [-0.2, -0.15) is 0 Å². The lowest BCUT2D eigenvalue weighted by Gasteiger charge is -2.32. The Labute approximate surface area is 233 Å². The Bertz CT molecular complexity index is 1700. The van der Waals surface area contributed by atoms with Crippen molar-refractivity contribution in [1.82, 2.24) is 24.4 Å². The number of ether oxygens (including phenoxy) is 1. The normalized spacial score (nSPS) is 12.6. The summed E-state index contributed by atoms with van der Waals surface area (Å²) < 4.78 is 22.1. The van der Waals surface area contributed by atoms with Gasteiger partial charge in [0.2, 0.25) is 0 Å². The molecule has 8 nitrogen and oxygen atoms in total. The second kappa shape index (κ2) is 10.3. The predicted octanol–water partition coefficient (Wildman–Crippen LogP) is 6.74. The minimum absolute atomic E-state index is 0.286. The number of halogens is 2. The number of amides is 1. The molecule has 10 heteroatoms. The van der Waals surface area contributed by atoms with Gasteiger partial charge < -0.3 is 19.9 Å². The first-order valence-electron chi connectivity index (χ1n) is 12.4. The van der Waals surface area contributed by atoms with Crippen LogP contribution in [0.3, 0.4) is 0 Å². The Morgan fingerprint density at radius 1 is 1.15 bits per heavy atom. The highest BCUT2D eigenvalue weighted by Crippen LogP contribution is 2.36. The van der Waals surface area contributed by atoms with Crippen LogP contribution in [-0.4, -0.2) is 43.2 Å². The molecule has 1 unspecified atom stereocenters. The molecular weight excluding hydrogens is 563 g/mol. The number of aromatic nitrogens is 4. The average Bonchev–Trinajstić information content (AvgIpc) is 3.25. The number of nitrogen functional groups attached to an aromatic ring is 1. The monoisotopic (exact) mass is 590 g/mol. The molecule has 0 aliphatic carbocycles. The van der Waals surface area contributed by atoms with E-state index >= 15 is 0 Å². The van der Waals surface area contributed by atoms with E-state index in [0.29, 0.717) is 26.9 Å². The summed E-state index contributed by atoms with van der Waals surface area (Å²) in [7, 11) is 1.66. The Kier molecular flexibility index (Phi) is 6.98. The van der Waals surface area contributed by atoms with Gasteiger partial charge in [-0.25, -0.2) is 19.2 Å². The van der Waals surface area contributed by atoms with Crippen LogP contribution in [0.2, 0.25) is 0 Å². The first-order chi connectivity index (χ1) is 18.5. The highest BCUT2D eigenvalue weighted by atomic mass is 79.9. The van der Waals surface area contributed by atoms with Crippen molar-refractivity contribution in [3.05, 3.63) is 83.1 Å². The number of nitrogens with two attached hydrogens (primary N) is 1. The van der Waals surface area contributed by atoms with Gasteiger partial charge in [0.05, 0.1) is 16.9 Å². The average molecular weight is 591 g/mol. The molecule has 3 aromatic heterocycles. The summed E-state index contributed by atoms with van der Waals surface area (Å²) in [6.45, 7) is 5.72. The second-order valence-electron chi connectivity index (χ2n) is 10.3. The number of anilines is 1. The zero-order valence-electron chi connectivity index (χ0n) is 22.0. The number of carbonyl (C=O) groups is 1. The molecule has 0 saturated carbocycles. The van der Waals surface area contributed by atoms with Crippen molar-refractivity contribution in [1.29, 1.82) is 0 Å². The molecule has 0 saturated heterocycles. The van der Waals surface area contributed by atoms with E-state index in [0.717, 1.165) is 22.0 Å². The van der Waals surface area contributed by atoms with Crippen LogP contribution in [0, 0.1) is 5.82 Å². The van der Waals surface area contributed by atoms with E-state index in [1.54, 1.807) is 19.3 Å². The molecule has 5 rings (SSSR count). The lowest BCUT2D eigenvalue weighted by molar-refractivity contribution is 0.0204. The Balaban J connectivity index is 1.64. The summed E-state index contributed by atoms with van der Waals surface area (Å²) in [4.78, 5) is 28.1. The molecule has 0 radical (unpaired) electrons. The zero-order valence-corrected chi connectivity index (χ0v) is 23.6. The van der Waals surface area contributed by atoms with Gasteiger partial charge in [-0.15, -0.1) is 0 Å². The van der Waals surface area contributed by atoms with Crippen molar-refractivity contribution in [3.8, 4) is 11.1 Å². The van der Waals surface area contributed by atoms with Gasteiger partial charge in [0.25, 0.3) is 0 Å². The number of fused-ring (bicyclic) bond motifs is 2. The standard InChI is InChI=1S/C29H28BrFN6O2/c1-29(2,3)39-28(38)36(4)24(20-10-9-19(31)12-22(20)30)15-37-14-21(25-26(32)34-16-35-27(25)37)18-11-17-7-5-6-8-23(17)33-13-18/h5-14,16,24H,15H2,1-4H3,(H2,32,34,35). The van der Waals surface area contributed by atoms with E-state index in [1.165, 1.54) is 23.4 Å². The first-order valence-corrected chi connectivity index (χ1v) is 13.2. The minimum atomic E-state index is -0.687. The maximum absolute atomic E-state index is 14.0. The van der Waals surface area contributed by atoms with Crippen molar-refractivity contribution >= 4 is 49.8 Å². The van der Waals surface area contributed by atoms with E-state index in [9.17, 15) is 9.18 Å². The van der Waals surface area contributed by atoms with Gasteiger partial charge in [-0.05, 0) is 50.6 Å². The van der Waals surface area contributed by atoms with Crippen molar-refractivity contribution in [3.63, 3.8) is 0 Å². The molecule has 200 valence electrons. The molecule has 0 fully saturated rings. The van der Waals surface area contributed by atoms with Gasteiger partial charge >= 0.3 is 6.09 Å². The number of hydrogen-bond donors (Lipinski definition) is 1. The van der Waals surface area contributed by atoms with E-state index < -0.39 is 17.7 Å². The van der Waals surface area contributed by atoms with Crippen LogP contribution in [-0.2, 0) is 11.3 Å². The molecule has 3 heterocycles. The first kappa shape index (κ1) is 26.6. The Morgan fingerprint density at radius 3 is 2.67 bits per heavy atom. The molecule has 1 amide bonds. The Hall–Kier alpha value is -4.05. The maximum Gasteiger partial charge on any atom is 0.410 e. The van der Waals surface area contributed by atoms with Crippen molar-refractivity contribution in [2.45, 2.75) is 39.0 Å². The van der Waals surface area contributed by atoms with E-state index in [1.807, 2.05) is 55.8 Å². The smallest absolute Gasteiger partial charge is 0.410 e. The molecule has 0 bridgehead atoms.